The van der Waals surface area contributed by atoms with Crippen LogP contribution >= 0.6 is 0 Å². The molecule has 0 atom stereocenters. The zero-order valence-corrected chi connectivity index (χ0v) is 19.1. The maximum atomic E-state index is 13.5. The predicted molar refractivity (Wildman–Crippen MR) is 120 cm³/mol. The van der Waals surface area contributed by atoms with Gasteiger partial charge < -0.3 is 18.7 Å². The Kier molecular flexibility index (Phi) is 5.36. The molecule has 0 unspecified atom stereocenters. The van der Waals surface area contributed by atoms with Gasteiger partial charge in [-0.25, -0.2) is 8.42 Å². The highest BCUT2D eigenvalue weighted by molar-refractivity contribution is 7.93. The fraction of sp³-hybridized carbons (Fsp3) is 0.227. The molecule has 1 N–H and O–H groups in total. The molecule has 0 saturated heterocycles. The number of sulfonamides is 1. The number of anilines is 1. The molecule has 5 rings (SSSR count). The molecule has 2 aromatic carbocycles. The number of benzene rings is 2. The van der Waals surface area contributed by atoms with E-state index in [0.29, 0.717) is 23.3 Å². The summed E-state index contributed by atoms with van der Waals surface area (Å²) in [6.45, 7) is 0.529. The lowest BCUT2D eigenvalue weighted by molar-refractivity contribution is 0.0930. The summed E-state index contributed by atoms with van der Waals surface area (Å²) < 4.78 is 52.8. The van der Waals surface area contributed by atoms with Gasteiger partial charge in [0.15, 0.2) is 27.8 Å². The van der Waals surface area contributed by atoms with Gasteiger partial charge in [0.1, 0.15) is 16.9 Å². The number of Topliss-reactive ketones (excluding diaryl/α,β-unsaturated/α-hetero) is 1. The normalized spacial score (nSPS) is 13.4. The largest absolute Gasteiger partial charge is 0.496 e. The third-order valence-electron chi connectivity index (χ3n) is 5.39. The number of carbonyl (C=O) groups is 1. The fourth-order valence-electron chi connectivity index (χ4n) is 3.87. The van der Waals surface area contributed by atoms with E-state index in [4.69, 9.17) is 18.7 Å². The third-order valence-corrected chi connectivity index (χ3v) is 6.78. The molecule has 1 aliphatic rings. The van der Waals surface area contributed by atoms with Crippen LogP contribution in [0, 0.1) is 0 Å². The number of hydrogen-bond donors (Lipinski definition) is 1. The van der Waals surface area contributed by atoms with Crippen molar-refractivity contribution in [2.75, 3.05) is 25.5 Å². The Labute approximate surface area is 194 Å². The van der Waals surface area contributed by atoms with Gasteiger partial charge in [0.05, 0.1) is 32.9 Å². The number of ether oxygens (including phenoxy) is 3. The van der Waals surface area contributed by atoms with Crippen LogP contribution in [-0.2, 0) is 16.6 Å². The summed E-state index contributed by atoms with van der Waals surface area (Å²) in [7, 11) is -1.50. The first kappa shape index (κ1) is 21.8. The van der Waals surface area contributed by atoms with Gasteiger partial charge in [-0.2, -0.15) is 5.10 Å². The maximum Gasteiger partial charge on any atom is 0.270 e. The monoisotopic (exact) mass is 484 g/mol. The number of hydrogen-bond acceptors (Lipinski definition) is 9. The second kappa shape index (κ2) is 8.37. The molecule has 0 fully saturated rings. The minimum atomic E-state index is -4.30. The van der Waals surface area contributed by atoms with E-state index in [1.165, 1.54) is 26.4 Å². The number of nitrogens with zero attached hydrogens (tertiary/aromatic N) is 3. The summed E-state index contributed by atoms with van der Waals surface area (Å²) in [5.74, 6) is 0.0663. The molecule has 4 aromatic rings. The summed E-state index contributed by atoms with van der Waals surface area (Å²) >= 11 is 0. The van der Waals surface area contributed by atoms with Crippen molar-refractivity contribution in [2.45, 2.75) is 17.9 Å². The molecule has 0 aliphatic carbocycles. The Morgan fingerprint density at radius 3 is 2.74 bits per heavy atom. The first-order valence-electron chi connectivity index (χ1n) is 10.2. The standard InChI is InChI=1S/C22H20N4O7S/c1-30-16-5-4-14-15(27)6-9-32-20(14)21(16)34(28,29)25-22-19-17(31-2)10-13(11-18(19)33-24-22)12-26-8-3-7-23-26/h3-5,7-8,10-11H,6,9,12H2,1-2H3,(H,24,25). The maximum absolute atomic E-state index is 13.5. The van der Waals surface area contributed by atoms with Crippen LogP contribution in [0.4, 0.5) is 5.82 Å². The number of ketones is 1. The van der Waals surface area contributed by atoms with Gasteiger partial charge in [0.2, 0.25) is 0 Å². The van der Waals surface area contributed by atoms with Gasteiger partial charge in [0.25, 0.3) is 10.0 Å². The van der Waals surface area contributed by atoms with E-state index in [1.54, 1.807) is 23.0 Å². The van der Waals surface area contributed by atoms with Gasteiger partial charge in [0, 0.05) is 18.8 Å². The molecule has 0 amide bonds. The summed E-state index contributed by atoms with van der Waals surface area (Å²) in [5.41, 5.74) is 1.33. The van der Waals surface area contributed by atoms with E-state index < -0.39 is 10.0 Å². The van der Waals surface area contributed by atoms with Gasteiger partial charge in [-0.1, -0.05) is 5.16 Å². The van der Waals surface area contributed by atoms with Crippen LogP contribution in [0.2, 0.25) is 0 Å². The van der Waals surface area contributed by atoms with E-state index in [9.17, 15) is 13.2 Å². The van der Waals surface area contributed by atoms with Crippen LogP contribution in [-0.4, -0.2) is 50.0 Å². The van der Waals surface area contributed by atoms with Crippen LogP contribution in [0.1, 0.15) is 22.3 Å². The van der Waals surface area contributed by atoms with E-state index >= 15 is 0 Å². The van der Waals surface area contributed by atoms with Gasteiger partial charge in [-0.15, -0.1) is 0 Å². The van der Waals surface area contributed by atoms with E-state index in [2.05, 4.69) is 15.0 Å². The number of rotatable bonds is 7. The van der Waals surface area contributed by atoms with Gasteiger partial charge >= 0.3 is 0 Å². The molecule has 176 valence electrons. The minimum absolute atomic E-state index is 0.0298. The summed E-state index contributed by atoms with van der Waals surface area (Å²) in [6, 6.07) is 8.21. The van der Waals surface area contributed by atoms with Crippen LogP contribution in [0.3, 0.4) is 0 Å². The van der Waals surface area contributed by atoms with Gasteiger partial charge in [-0.05, 0) is 35.9 Å². The molecule has 0 radical (unpaired) electrons. The Morgan fingerprint density at radius 1 is 1.18 bits per heavy atom. The lowest BCUT2D eigenvalue weighted by atomic mass is 10.0. The van der Waals surface area contributed by atoms with Crippen LogP contribution in [0.5, 0.6) is 17.2 Å². The summed E-state index contributed by atoms with van der Waals surface area (Å²) in [5, 5.41) is 8.44. The number of nitrogens with one attached hydrogen (secondary N) is 1. The number of fused-ring (bicyclic) bond motifs is 2. The first-order valence-corrected chi connectivity index (χ1v) is 11.7. The molecule has 2 aromatic heterocycles. The summed E-state index contributed by atoms with van der Waals surface area (Å²) in [6.07, 6.45) is 3.65. The lowest BCUT2D eigenvalue weighted by Gasteiger charge is -2.21. The number of aromatic nitrogens is 3. The Balaban J connectivity index is 1.57. The second-order valence-corrected chi connectivity index (χ2v) is 9.13. The molecule has 3 heterocycles. The van der Waals surface area contributed by atoms with E-state index in [0.717, 1.165) is 5.56 Å². The van der Waals surface area contributed by atoms with Crippen molar-refractivity contribution in [3.05, 3.63) is 53.9 Å². The molecule has 11 nitrogen and oxygen atoms in total. The topological polar surface area (TPSA) is 135 Å². The van der Waals surface area contributed by atoms with Crippen molar-refractivity contribution in [2.24, 2.45) is 0 Å². The smallest absolute Gasteiger partial charge is 0.270 e. The number of methoxy groups -OCH3 is 2. The minimum Gasteiger partial charge on any atom is -0.496 e. The Bertz CT molecular complexity index is 1490. The average molecular weight is 484 g/mol. The molecule has 34 heavy (non-hydrogen) atoms. The van der Waals surface area contributed by atoms with Crippen molar-refractivity contribution in [3.63, 3.8) is 0 Å². The molecular weight excluding hydrogens is 464 g/mol. The third kappa shape index (κ3) is 3.71. The van der Waals surface area contributed by atoms with Crippen molar-refractivity contribution >= 4 is 32.6 Å². The zero-order valence-electron chi connectivity index (χ0n) is 18.3. The molecule has 1 aliphatic heterocycles. The van der Waals surface area contributed by atoms with Crippen molar-refractivity contribution < 1.29 is 31.9 Å². The van der Waals surface area contributed by atoms with Gasteiger partial charge in [-0.3, -0.25) is 14.2 Å². The SMILES string of the molecule is COc1ccc2c(c1S(=O)(=O)Nc1noc3cc(Cn4cccn4)cc(OC)c13)OCCC2=O. The highest BCUT2D eigenvalue weighted by Crippen LogP contribution is 2.41. The lowest BCUT2D eigenvalue weighted by Crippen LogP contribution is -2.21. The quantitative estimate of drug-likeness (QED) is 0.420. The second-order valence-electron chi connectivity index (χ2n) is 7.51. The molecule has 0 saturated carbocycles. The molecule has 0 bridgehead atoms. The van der Waals surface area contributed by atoms with E-state index in [1.807, 2.05) is 12.3 Å². The average Bonchev–Trinajstić information content (AvgIpc) is 3.48. The zero-order chi connectivity index (χ0) is 23.9. The Hall–Kier alpha value is -4.06. The highest BCUT2D eigenvalue weighted by atomic mass is 32.2. The molecule has 12 heteroatoms. The van der Waals surface area contributed by atoms with E-state index in [-0.39, 0.29) is 46.6 Å². The Morgan fingerprint density at radius 2 is 2.00 bits per heavy atom. The van der Waals surface area contributed by atoms with Crippen LogP contribution in [0.25, 0.3) is 11.0 Å². The highest BCUT2D eigenvalue weighted by Gasteiger charge is 2.33. The number of carbonyl (C=O) groups excluding carboxylic acids is 1. The molecular formula is C22H20N4O7S. The summed E-state index contributed by atoms with van der Waals surface area (Å²) in [4.78, 5) is 12.0. The molecule has 0 spiro atoms. The van der Waals surface area contributed by atoms with Crippen molar-refractivity contribution in [3.8, 4) is 17.2 Å². The van der Waals surface area contributed by atoms with Crippen LogP contribution in [0.15, 0.2) is 52.1 Å². The van der Waals surface area contributed by atoms with Crippen LogP contribution < -0.4 is 18.9 Å². The van der Waals surface area contributed by atoms with Crippen molar-refractivity contribution in [1.29, 1.82) is 0 Å². The fourth-order valence-corrected chi connectivity index (χ4v) is 5.20. The van der Waals surface area contributed by atoms with Crippen molar-refractivity contribution in [1.82, 2.24) is 14.9 Å². The first-order chi connectivity index (χ1) is 16.4. The predicted octanol–water partition coefficient (Wildman–Crippen LogP) is 2.86.